The molecule has 0 aromatic heterocycles. The van der Waals surface area contributed by atoms with Gasteiger partial charge in [0.1, 0.15) is 0 Å². The van der Waals surface area contributed by atoms with E-state index < -0.39 is 9.84 Å². The lowest BCUT2D eigenvalue weighted by atomic mass is 10.3. The summed E-state index contributed by atoms with van der Waals surface area (Å²) < 4.78 is 23.8. The van der Waals surface area contributed by atoms with Crippen molar-refractivity contribution in [3.8, 4) is 0 Å². The second-order valence-corrected chi connectivity index (χ2v) is 7.56. The fourth-order valence-electron chi connectivity index (χ4n) is 1.41. The van der Waals surface area contributed by atoms with Gasteiger partial charge in [-0.2, -0.15) is 0 Å². The average molecular weight is 341 g/mol. The third-order valence-electron chi connectivity index (χ3n) is 2.28. The monoisotopic (exact) mass is 339 g/mol. The molecule has 0 aliphatic rings. The second-order valence-electron chi connectivity index (χ2n) is 3.87. The standard InChI is InChI=1S/C11H15BrClNO2S/c1-3-17(15,16)7-8(2)14-11-5-4-9(13)6-10(11)12/h4-6,8,14H,3,7H2,1-2H3. The number of rotatable bonds is 5. The molecule has 0 heterocycles. The maximum Gasteiger partial charge on any atom is 0.152 e. The highest BCUT2D eigenvalue weighted by molar-refractivity contribution is 9.10. The Morgan fingerprint density at radius 3 is 2.65 bits per heavy atom. The SMILES string of the molecule is CCS(=O)(=O)CC(C)Nc1ccc(Cl)cc1Br. The van der Waals surface area contributed by atoms with E-state index in [0.717, 1.165) is 10.2 Å². The topological polar surface area (TPSA) is 46.2 Å². The molecule has 0 radical (unpaired) electrons. The van der Waals surface area contributed by atoms with Crippen LogP contribution >= 0.6 is 27.5 Å². The van der Waals surface area contributed by atoms with Crippen LogP contribution in [0.2, 0.25) is 5.02 Å². The largest absolute Gasteiger partial charge is 0.381 e. The molecular weight excluding hydrogens is 326 g/mol. The van der Waals surface area contributed by atoms with E-state index in [1.165, 1.54) is 0 Å². The number of hydrogen-bond donors (Lipinski definition) is 1. The first-order valence-electron chi connectivity index (χ1n) is 5.26. The number of sulfone groups is 1. The Kier molecular flexibility index (Phi) is 5.28. The van der Waals surface area contributed by atoms with Gasteiger partial charge in [0.25, 0.3) is 0 Å². The van der Waals surface area contributed by atoms with Crippen molar-refractivity contribution in [2.24, 2.45) is 0 Å². The maximum absolute atomic E-state index is 11.5. The van der Waals surface area contributed by atoms with Crippen molar-refractivity contribution < 1.29 is 8.42 Å². The van der Waals surface area contributed by atoms with Gasteiger partial charge in [-0.15, -0.1) is 0 Å². The van der Waals surface area contributed by atoms with E-state index in [9.17, 15) is 8.42 Å². The average Bonchev–Trinajstić information content (AvgIpc) is 2.21. The van der Waals surface area contributed by atoms with E-state index in [-0.39, 0.29) is 17.5 Å². The number of benzene rings is 1. The van der Waals surface area contributed by atoms with E-state index in [1.807, 2.05) is 13.0 Å². The van der Waals surface area contributed by atoms with Crippen LogP contribution in [0.4, 0.5) is 5.69 Å². The predicted molar refractivity (Wildman–Crippen MR) is 76.6 cm³/mol. The summed E-state index contributed by atoms with van der Waals surface area (Å²) in [6.45, 7) is 3.49. The van der Waals surface area contributed by atoms with E-state index in [0.29, 0.717) is 5.02 Å². The Labute approximate surface area is 116 Å². The number of halogens is 2. The van der Waals surface area contributed by atoms with Gasteiger partial charge in [-0.05, 0) is 41.1 Å². The molecule has 1 N–H and O–H groups in total. The van der Waals surface area contributed by atoms with Crippen LogP contribution in [0.1, 0.15) is 13.8 Å². The number of nitrogens with one attached hydrogen (secondary N) is 1. The summed E-state index contributed by atoms with van der Waals surface area (Å²) in [4.78, 5) is 0. The first-order valence-corrected chi connectivity index (χ1v) is 8.25. The zero-order chi connectivity index (χ0) is 13.1. The first-order chi connectivity index (χ1) is 7.84. The molecule has 0 aliphatic heterocycles. The van der Waals surface area contributed by atoms with Crippen LogP contribution in [0.5, 0.6) is 0 Å². The summed E-state index contributed by atoms with van der Waals surface area (Å²) >= 11 is 9.20. The number of hydrogen-bond acceptors (Lipinski definition) is 3. The van der Waals surface area contributed by atoms with Gasteiger partial charge in [0, 0.05) is 27.0 Å². The predicted octanol–water partition coefficient (Wildman–Crippen LogP) is 3.34. The fourth-order valence-corrected chi connectivity index (χ4v) is 3.29. The molecule has 0 aliphatic carbocycles. The Balaban J connectivity index is 2.72. The summed E-state index contributed by atoms with van der Waals surface area (Å²) in [6, 6.07) is 5.21. The molecule has 0 bridgehead atoms. The van der Waals surface area contributed by atoms with E-state index in [2.05, 4.69) is 21.2 Å². The van der Waals surface area contributed by atoms with Crippen LogP contribution in [-0.4, -0.2) is 26.0 Å². The van der Waals surface area contributed by atoms with Crippen molar-refractivity contribution in [2.75, 3.05) is 16.8 Å². The maximum atomic E-state index is 11.5. The lowest BCUT2D eigenvalue weighted by Crippen LogP contribution is -2.26. The minimum absolute atomic E-state index is 0.124. The second kappa shape index (κ2) is 6.07. The Hall–Kier alpha value is -0.260. The van der Waals surface area contributed by atoms with E-state index >= 15 is 0 Å². The Bertz CT molecular complexity index is 490. The first kappa shape index (κ1) is 14.8. The molecule has 0 saturated carbocycles. The van der Waals surface area contributed by atoms with Gasteiger partial charge in [0.15, 0.2) is 9.84 Å². The highest BCUT2D eigenvalue weighted by Crippen LogP contribution is 2.26. The smallest absolute Gasteiger partial charge is 0.152 e. The van der Waals surface area contributed by atoms with E-state index in [1.54, 1.807) is 19.1 Å². The molecule has 1 aromatic carbocycles. The summed E-state index contributed by atoms with van der Waals surface area (Å²) in [5.41, 5.74) is 0.841. The van der Waals surface area contributed by atoms with Crippen molar-refractivity contribution in [1.82, 2.24) is 0 Å². The van der Waals surface area contributed by atoms with Crippen LogP contribution < -0.4 is 5.32 Å². The highest BCUT2D eigenvalue weighted by atomic mass is 79.9. The van der Waals surface area contributed by atoms with Gasteiger partial charge in [-0.1, -0.05) is 18.5 Å². The molecule has 96 valence electrons. The van der Waals surface area contributed by atoms with Gasteiger partial charge in [0.2, 0.25) is 0 Å². The van der Waals surface area contributed by atoms with Crippen molar-refractivity contribution >= 4 is 43.1 Å². The molecule has 1 aromatic rings. The molecule has 0 fully saturated rings. The summed E-state index contributed by atoms with van der Waals surface area (Å²) in [5, 5.41) is 3.78. The van der Waals surface area contributed by atoms with Gasteiger partial charge < -0.3 is 5.32 Å². The zero-order valence-corrected chi connectivity index (χ0v) is 12.9. The van der Waals surface area contributed by atoms with Crippen molar-refractivity contribution in [1.29, 1.82) is 0 Å². The van der Waals surface area contributed by atoms with Gasteiger partial charge in [-0.25, -0.2) is 8.42 Å². The van der Waals surface area contributed by atoms with Gasteiger partial charge in [-0.3, -0.25) is 0 Å². The van der Waals surface area contributed by atoms with Crippen LogP contribution in [0.3, 0.4) is 0 Å². The third-order valence-corrected chi connectivity index (χ3v) is 5.06. The fraction of sp³-hybridized carbons (Fsp3) is 0.455. The zero-order valence-electron chi connectivity index (χ0n) is 9.70. The third kappa shape index (κ3) is 4.85. The molecular formula is C11H15BrClNO2S. The number of anilines is 1. The van der Waals surface area contributed by atoms with Crippen molar-refractivity contribution in [3.63, 3.8) is 0 Å². The normalized spacial score (nSPS) is 13.4. The lowest BCUT2D eigenvalue weighted by Gasteiger charge is -2.16. The molecule has 3 nitrogen and oxygen atoms in total. The van der Waals surface area contributed by atoms with Crippen molar-refractivity contribution in [3.05, 3.63) is 27.7 Å². The quantitative estimate of drug-likeness (QED) is 0.894. The van der Waals surface area contributed by atoms with Crippen LogP contribution in [0, 0.1) is 0 Å². The molecule has 17 heavy (non-hydrogen) atoms. The highest BCUT2D eigenvalue weighted by Gasteiger charge is 2.14. The Morgan fingerprint density at radius 2 is 2.12 bits per heavy atom. The molecule has 0 spiro atoms. The summed E-state index contributed by atoms with van der Waals surface area (Å²) in [6.07, 6.45) is 0. The van der Waals surface area contributed by atoms with Gasteiger partial charge in [0.05, 0.1) is 5.75 Å². The van der Waals surface area contributed by atoms with Crippen LogP contribution in [0.25, 0.3) is 0 Å². The minimum Gasteiger partial charge on any atom is -0.381 e. The minimum atomic E-state index is -2.96. The lowest BCUT2D eigenvalue weighted by molar-refractivity contribution is 0.593. The molecule has 1 unspecified atom stereocenters. The van der Waals surface area contributed by atoms with E-state index in [4.69, 9.17) is 11.6 Å². The van der Waals surface area contributed by atoms with Crippen LogP contribution in [-0.2, 0) is 9.84 Å². The molecule has 0 amide bonds. The molecule has 1 atom stereocenters. The van der Waals surface area contributed by atoms with Crippen molar-refractivity contribution in [2.45, 2.75) is 19.9 Å². The van der Waals surface area contributed by atoms with Gasteiger partial charge >= 0.3 is 0 Å². The molecule has 1 rings (SSSR count). The van der Waals surface area contributed by atoms with Crippen LogP contribution in [0.15, 0.2) is 22.7 Å². The molecule has 6 heteroatoms. The Morgan fingerprint density at radius 1 is 1.47 bits per heavy atom. The summed E-state index contributed by atoms with van der Waals surface area (Å²) in [5.74, 6) is 0.291. The summed E-state index contributed by atoms with van der Waals surface area (Å²) in [7, 11) is -2.96. The molecule has 0 saturated heterocycles.